The Hall–Kier alpha value is -3.92. The zero-order chi connectivity index (χ0) is 25.2. The zero-order valence-corrected chi connectivity index (χ0v) is 19.9. The van der Waals surface area contributed by atoms with Crippen LogP contribution in [-0.4, -0.2) is 47.5 Å². The first-order valence-electron chi connectivity index (χ1n) is 12.0. The van der Waals surface area contributed by atoms with Crippen LogP contribution < -0.4 is 10.9 Å². The molecule has 4 aromatic rings. The number of nitrogens with one attached hydrogen (secondary N) is 1. The minimum absolute atomic E-state index is 0.0251. The van der Waals surface area contributed by atoms with Gasteiger partial charge in [0.15, 0.2) is 5.52 Å². The molecule has 3 heterocycles. The highest BCUT2D eigenvalue weighted by Crippen LogP contribution is 2.22. The number of aryl methyl sites for hydroxylation is 1. The van der Waals surface area contributed by atoms with Gasteiger partial charge >= 0.3 is 0 Å². The van der Waals surface area contributed by atoms with Crippen molar-refractivity contribution in [1.29, 1.82) is 0 Å². The number of carbonyl (C=O) groups is 1. The number of fused-ring (bicyclic) bond motifs is 1. The van der Waals surface area contributed by atoms with Gasteiger partial charge in [0.1, 0.15) is 11.3 Å². The summed E-state index contributed by atoms with van der Waals surface area (Å²) in [6.45, 7) is -0.0913. The van der Waals surface area contributed by atoms with Gasteiger partial charge in [0, 0.05) is 43.0 Å². The van der Waals surface area contributed by atoms with E-state index in [0.717, 1.165) is 19.3 Å². The molecule has 1 fully saturated rings. The quantitative estimate of drug-likeness (QED) is 0.416. The lowest BCUT2D eigenvalue weighted by atomic mass is 10.1. The largest absolute Gasteiger partial charge is 0.391 e. The highest BCUT2D eigenvalue weighted by Gasteiger charge is 2.26. The molecular weight excluding hydrogens is 463 g/mol. The Bertz CT molecular complexity index is 1480. The van der Waals surface area contributed by atoms with Crippen LogP contribution in [0.1, 0.15) is 48.0 Å². The summed E-state index contributed by atoms with van der Waals surface area (Å²) in [6.07, 6.45) is 9.46. The van der Waals surface area contributed by atoms with Crippen molar-refractivity contribution in [1.82, 2.24) is 29.6 Å². The minimum Gasteiger partial charge on any atom is -0.391 e. The van der Waals surface area contributed by atoms with E-state index in [2.05, 4.69) is 20.4 Å². The van der Waals surface area contributed by atoms with Crippen molar-refractivity contribution < 1.29 is 14.3 Å². The van der Waals surface area contributed by atoms with Gasteiger partial charge in [-0.05, 0) is 25.0 Å². The van der Waals surface area contributed by atoms with Crippen molar-refractivity contribution in [2.45, 2.75) is 50.8 Å². The predicted octanol–water partition coefficient (Wildman–Crippen LogP) is 2.80. The van der Waals surface area contributed by atoms with Gasteiger partial charge in [-0.15, -0.1) is 0 Å². The normalized spacial score (nSPS) is 18.2. The number of nitrogens with zero attached hydrogens (tertiary/aromatic N) is 5. The van der Waals surface area contributed by atoms with Crippen molar-refractivity contribution in [3.8, 4) is 11.3 Å². The molecule has 0 saturated heterocycles. The van der Waals surface area contributed by atoms with Gasteiger partial charge < -0.3 is 15.0 Å². The molecule has 1 aliphatic rings. The van der Waals surface area contributed by atoms with Crippen LogP contribution in [0.3, 0.4) is 0 Å². The molecule has 0 radical (unpaired) electrons. The molecule has 0 bridgehead atoms. The second-order valence-corrected chi connectivity index (χ2v) is 9.20. The van der Waals surface area contributed by atoms with E-state index in [0.29, 0.717) is 24.1 Å². The standard InChI is InChI=1S/C26H27FN6O3/c1-32-12-9-20(31-32)16-7-8-17(19(27)13-16)14-33-15-18(23-24(26(33)36)29-11-10-28-23)25(35)30-21-5-3-2-4-6-22(21)34/h7-13,15,21-22,34H,2-6,14H2,1H3,(H,30,35)/t21-,22-/m0/s1. The fraction of sp³-hybridized carbons (Fsp3) is 0.346. The van der Waals surface area contributed by atoms with Gasteiger partial charge in [0.05, 0.1) is 29.9 Å². The fourth-order valence-corrected chi connectivity index (χ4v) is 4.68. The number of aliphatic hydroxyl groups excluding tert-OH is 1. The van der Waals surface area contributed by atoms with Gasteiger partial charge in [-0.2, -0.15) is 5.10 Å². The molecule has 0 aliphatic heterocycles. The van der Waals surface area contributed by atoms with Crippen molar-refractivity contribution in [2.75, 3.05) is 0 Å². The van der Waals surface area contributed by atoms with Crippen molar-refractivity contribution >= 4 is 16.9 Å². The van der Waals surface area contributed by atoms with E-state index in [9.17, 15) is 14.7 Å². The topological polar surface area (TPSA) is 115 Å². The second kappa shape index (κ2) is 9.98. The van der Waals surface area contributed by atoms with E-state index < -0.39 is 23.4 Å². The molecular formula is C26H27FN6O3. The lowest BCUT2D eigenvalue weighted by Gasteiger charge is -2.22. The van der Waals surface area contributed by atoms with Crippen LogP contribution >= 0.6 is 0 Å². The van der Waals surface area contributed by atoms with Crippen LogP contribution in [-0.2, 0) is 13.6 Å². The molecule has 2 atom stereocenters. The molecule has 5 rings (SSSR count). The average Bonchev–Trinajstić information content (AvgIpc) is 3.21. The lowest BCUT2D eigenvalue weighted by Crippen LogP contribution is -2.43. The Balaban J connectivity index is 1.48. The van der Waals surface area contributed by atoms with Gasteiger partial charge in [-0.25, -0.2) is 9.37 Å². The number of carbonyl (C=O) groups excluding carboxylic acids is 1. The van der Waals surface area contributed by atoms with Gasteiger partial charge in [0.2, 0.25) is 0 Å². The number of benzene rings is 1. The molecule has 36 heavy (non-hydrogen) atoms. The highest BCUT2D eigenvalue weighted by molar-refractivity contribution is 6.04. The van der Waals surface area contributed by atoms with Gasteiger partial charge in [-0.1, -0.05) is 31.4 Å². The summed E-state index contributed by atoms with van der Waals surface area (Å²) in [5.74, 6) is -0.942. The summed E-state index contributed by atoms with van der Waals surface area (Å²) in [5.41, 5.74) is 1.42. The van der Waals surface area contributed by atoms with Crippen LogP contribution in [0.2, 0.25) is 0 Å². The Labute approximate surface area is 206 Å². The number of hydrogen-bond donors (Lipinski definition) is 2. The number of amides is 1. The molecule has 1 saturated carbocycles. The maximum Gasteiger partial charge on any atom is 0.279 e. The van der Waals surface area contributed by atoms with Crippen LogP contribution in [0.5, 0.6) is 0 Å². The van der Waals surface area contributed by atoms with Crippen molar-refractivity contribution in [3.63, 3.8) is 0 Å². The Morgan fingerprint density at radius 3 is 2.67 bits per heavy atom. The molecule has 0 unspecified atom stereocenters. The third-order valence-corrected chi connectivity index (χ3v) is 6.65. The number of halogens is 1. The third-order valence-electron chi connectivity index (χ3n) is 6.65. The number of pyridine rings is 1. The minimum atomic E-state index is -0.633. The van der Waals surface area contributed by atoms with E-state index in [1.807, 2.05) is 0 Å². The monoisotopic (exact) mass is 490 g/mol. The maximum atomic E-state index is 15.0. The summed E-state index contributed by atoms with van der Waals surface area (Å²) < 4.78 is 17.9. The van der Waals surface area contributed by atoms with Crippen LogP contribution in [0.15, 0.2) is 53.8 Å². The first-order chi connectivity index (χ1) is 17.4. The predicted molar refractivity (Wildman–Crippen MR) is 132 cm³/mol. The molecule has 186 valence electrons. The lowest BCUT2D eigenvalue weighted by molar-refractivity contribution is 0.0819. The second-order valence-electron chi connectivity index (χ2n) is 9.20. The smallest absolute Gasteiger partial charge is 0.279 e. The molecule has 1 aromatic carbocycles. The van der Waals surface area contributed by atoms with Crippen LogP contribution in [0.25, 0.3) is 22.3 Å². The number of aromatic nitrogens is 5. The van der Waals surface area contributed by atoms with E-state index >= 15 is 4.39 Å². The summed E-state index contributed by atoms with van der Waals surface area (Å²) >= 11 is 0. The Kier molecular flexibility index (Phi) is 6.60. The van der Waals surface area contributed by atoms with Gasteiger partial charge in [0.25, 0.3) is 11.5 Å². The van der Waals surface area contributed by atoms with E-state index in [1.165, 1.54) is 29.2 Å². The fourth-order valence-electron chi connectivity index (χ4n) is 4.68. The molecule has 1 aliphatic carbocycles. The van der Waals surface area contributed by atoms with Gasteiger partial charge in [-0.3, -0.25) is 19.3 Å². The Morgan fingerprint density at radius 2 is 1.92 bits per heavy atom. The summed E-state index contributed by atoms with van der Waals surface area (Å²) in [6, 6.07) is 6.13. The summed E-state index contributed by atoms with van der Waals surface area (Å²) in [5, 5.41) is 17.6. The average molecular weight is 491 g/mol. The molecule has 0 spiro atoms. The van der Waals surface area contributed by atoms with E-state index in [4.69, 9.17) is 0 Å². The third kappa shape index (κ3) is 4.76. The van der Waals surface area contributed by atoms with Crippen molar-refractivity contribution in [3.05, 3.63) is 76.4 Å². The molecule has 10 heteroatoms. The van der Waals surface area contributed by atoms with E-state index in [1.54, 1.807) is 36.1 Å². The number of rotatable bonds is 5. The first-order valence-corrected chi connectivity index (χ1v) is 12.0. The van der Waals surface area contributed by atoms with E-state index in [-0.39, 0.29) is 34.7 Å². The molecule has 2 N–H and O–H groups in total. The Morgan fingerprint density at radius 1 is 1.14 bits per heavy atom. The zero-order valence-electron chi connectivity index (χ0n) is 19.9. The first kappa shape index (κ1) is 23.8. The summed E-state index contributed by atoms with van der Waals surface area (Å²) in [7, 11) is 1.79. The highest BCUT2D eigenvalue weighted by atomic mass is 19.1. The summed E-state index contributed by atoms with van der Waals surface area (Å²) in [4.78, 5) is 34.8. The molecule has 1 amide bonds. The maximum absolute atomic E-state index is 15.0. The van der Waals surface area contributed by atoms with Crippen molar-refractivity contribution in [2.24, 2.45) is 7.05 Å². The van der Waals surface area contributed by atoms with Crippen LogP contribution in [0, 0.1) is 5.82 Å². The van der Waals surface area contributed by atoms with Crippen LogP contribution in [0.4, 0.5) is 4.39 Å². The molecule has 3 aromatic heterocycles. The number of hydrogen-bond acceptors (Lipinski definition) is 6. The number of aliphatic hydroxyl groups is 1. The molecule has 9 nitrogen and oxygen atoms in total. The SMILES string of the molecule is Cn1ccc(-c2ccc(Cn3cc(C(=O)N[C@H]4CCCCC[C@@H]4O)c4nccnc4c3=O)c(F)c2)n1.